The standard InChI is InChI=1S/C18H21BrFN/c1-2-21-16(10-8-14-6-4-3-5-7-14)12-15-9-11-18(20)17(19)13-15/h3-7,9,11,13,16,21H,2,8,10,12H2,1H3. The molecular formula is C18H21BrFN. The van der Waals surface area contributed by atoms with Gasteiger partial charge in [-0.05, 0) is 65.0 Å². The van der Waals surface area contributed by atoms with Crippen molar-refractivity contribution in [2.75, 3.05) is 6.54 Å². The zero-order chi connectivity index (χ0) is 15.1. The summed E-state index contributed by atoms with van der Waals surface area (Å²) in [6.07, 6.45) is 3.05. The fourth-order valence-electron chi connectivity index (χ4n) is 2.50. The van der Waals surface area contributed by atoms with Gasteiger partial charge in [0, 0.05) is 6.04 Å². The molecule has 0 saturated heterocycles. The zero-order valence-electron chi connectivity index (χ0n) is 12.3. The summed E-state index contributed by atoms with van der Waals surface area (Å²) in [6, 6.07) is 16.2. The van der Waals surface area contributed by atoms with E-state index in [9.17, 15) is 4.39 Å². The Labute approximate surface area is 134 Å². The van der Waals surface area contributed by atoms with Crippen molar-refractivity contribution in [3.05, 3.63) is 69.9 Å². The minimum Gasteiger partial charge on any atom is -0.314 e. The fraction of sp³-hybridized carbons (Fsp3) is 0.333. The van der Waals surface area contributed by atoms with Crippen LogP contribution in [0.25, 0.3) is 0 Å². The van der Waals surface area contributed by atoms with Crippen molar-refractivity contribution in [2.24, 2.45) is 0 Å². The lowest BCUT2D eigenvalue weighted by molar-refractivity contribution is 0.490. The van der Waals surface area contributed by atoms with Crippen LogP contribution in [0.5, 0.6) is 0 Å². The largest absolute Gasteiger partial charge is 0.314 e. The number of likely N-dealkylation sites (N-methyl/N-ethyl adjacent to an activating group) is 1. The van der Waals surface area contributed by atoms with Crippen LogP contribution in [0.3, 0.4) is 0 Å². The van der Waals surface area contributed by atoms with Crippen LogP contribution in [0.1, 0.15) is 24.5 Å². The maximum absolute atomic E-state index is 13.3. The summed E-state index contributed by atoms with van der Waals surface area (Å²) in [5.41, 5.74) is 2.52. The van der Waals surface area contributed by atoms with E-state index in [1.165, 1.54) is 11.6 Å². The highest BCUT2D eigenvalue weighted by molar-refractivity contribution is 9.10. The molecule has 0 fully saturated rings. The van der Waals surface area contributed by atoms with E-state index in [4.69, 9.17) is 0 Å². The third kappa shape index (κ3) is 5.25. The molecule has 0 aromatic heterocycles. The molecule has 2 aromatic carbocycles. The van der Waals surface area contributed by atoms with Crippen molar-refractivity contribution < 1.29 is 4.39 Å². The van der Waals surface area contributed by atoms with Gasteiger partial charge in [0.05, 0.1) is 4.47 Å². The minimum absolute atomic E-state index is 0.206. The number of benzene rings is 2. The summed E-state index contributed by atoms with van der Waals surface area (Å²) >= 11 is 3.26. The van der Waals surface area contributed by atoms with Gasteiger partial charge in [-0.1, -0.05) is 43.3 Å². The molecule has 0 saturated carbocycles. The molecule has 1 nitrogen and oxygen atoms in total. The van der Waals surface area contributed by atoms with Gasteiger partial charge in [0.2, 0.25) is 0 Å². The smallest absolute Gasteiger partial charge is 0.137 e. The van der Waals surface area contributed by atoms with Crippen molar-refractivity contribution in [1.29, 1.82) is 0 Å². The van der Waals surface area contributed by atoms with Gasteiger partial charge in [-0.15, -0.1) is 0 Å². The molecule has 3 heteroatoms. The third-order valence-corrected chi connectivity index (χ3v) is 4.19. The molecule has 0 spiro atoms. The molecule has 2 aromatic rings. The first-order valence-electron chi connectivity index (χ1n) is 7.40. The van der Waals surface area contributed by atoms with E-state index in [1.807, 2.05) is 18.2 Å². The quantitative estimate of drug-likeness (QED) is 0.760. The molecule has 0 bridgehead atoms. The molecule has 0 radical (unpaired) electrons. The highest BCUT2D eigenvalue weighted by atomic mass is 79.9. The number of halogens is 2. The van der Waals surface area contributed by atoms with Crippen LogP contribution < -0.4 is 5.32 Å². The Morgan fingerprint density at radius 3 is 2.52 bits per heavy atom. The number of hydrogen-bond donors (Lipinski definition) is 1. The molecule has 1 atom stereocenters. The molecule has 1 N–H and O–H groups in total. The van der Waals surface area contributed by atoms with Crippen LogP contribution in [-0.4, -0.2) is 12.6 Å². The number of hydrogen-bond acceptors (Lipinski definition) is 1. The van der Waals surface area contributed by atoms with Crippen LogP contribution in [0.2, 0.25) is 0 Å². The van der Waals surface area contributed by atoms with Gasteiger partial charge in [0.15, 0.2) is 0 Å². The zero-order valence-corrected chi connectivity index (χ0v) is 13.9. The van der Waals surface area contributed by atoms with Crippen molar-refractivity contribution in [3.63, 3.8) is 0 Å². The highest BCUT2D eigenvalue weighted by Crippen LogP contribution is 2.18. The normalized spacial score (nSPS) is 12.3. The van der Waals surface area contributed by atoms with Crippen LogP contribution in [-0.2, 0) is 12.8 Å². The van der Waals surface area contributed by atoms with E-state index in [-0.39, 0.29) is 5.82 Å². The van der Waals surface area contributed by atoms with Crippen LogP contribution in [0.15, 0.2) is 53.0 Å². The molecule has 1 unspecified atom stereocenters. The maximum atomic E-state index is 13.3. The Hall–Kier alpha value is -1.19. The lowest BCUT2D eigenvalue weighted by Crippen LogP contribution is -2.31. The maximum Gasteiger partial charge on any atom is 0.137 e. The van der Waals surface area contributed by atoms with Gasteiger partial charge in [0.25, 0.3) is 0 Å². The summed E-state index contributed by atoms with van der Waals surface area (Å²) in [6.45, 7) is 3.07. The Bertz CT molecular complexity index is 556. The van der Waals surface area contributed by atoms with Gasteiger partial charge < -0.3 is 5.32 Å². The van der Waals surface area contributed by atoms with Crippen LogP contribution >= 0.6 is 15.9 Å². The summed E-state index contributed by atoms with van der Waals surface area (Å²) in [4.78, 5) is 0. The van der Waals surface area contributed by atoms with E-state index in [2.05, 4.69) is 52.4 Å². The van der Waals surface area contributed by atoms with Crippen molar-refractivity contribution in [3.8, 4) is 0 Å². The van der Waals surface area contributed by atoms with Crippen molar-refractivity contribution in [1.82, 2.24) is 5.32 Å². The average molecular weight is 350 g/mol. The second-order valence-corrected chi connectivity index (χ2v) is 6.09. The lowest BCUT2D eigenvalue weighted by atomic mass is 9.99. The van der Waals surface area contributed by atoms with E-state index >= 15 is 0 Å². The highest BCUT2D eigenvalue weighted by Gasteiger charge is 2.10. The Morgan fingerprint density at radius 1 is 1.10 bits per heavy atom. The van der Waals surface area contributed by atoms with Crippen LogP contribution in [0, 0.1) is 5.82 Å². The first kappa shape index (κ1) is 16.2. The van der Waals surface area contributed by atoms with Gasteiger partial charge in [-0.2, -0.15) is 0 Å². The minimum atomic E-state index is -0.206. The summed E-state index contributed by atoms with van der Waals surface area (Å²) in [5, 5.41) is 3.53. The predicted molar refractivity (Wildman–Crippen MR) is 90.0 cm³/mol. The van der Waals surface area contributed by atoms with Crippen LogP contribution in [0.4, 0.5) is 4.39 Å². The van der Waals surface area contributed by atoms with Crippen molar-refractivity contribution in [2.45, 2.75) is 32.2 Å². The predicted octanol–water partition coefficient (Wildman–Crippen LogP) is 4.74. The Balaban J connectivity index is 1.96. The van der Waals surface area contributed by atoms with Crippen molar-refractivity contribution >= 4 is 15.9 Å². The summed E-state index contributed by atoms with van der Waals surface area (Å²) < 4.78 is 13.8. The van der Waals surface area contributed by atoms with Gasteiger partial charge >= 0.3 is 0 Å². The van der Waals surface area contributed by atoms with Gasteiger partial charge in [-0.25, -0.2) is 4.39 Å². The lowest BCUT2D eigenvalue weighted by Gasteiger charge is -2.18. The first-order valence-corrected chi connectivity index (χ1v) is 8.19. The molecule has 21 heavy (non-hydrogen) atoms. The molecule has 0 aliphatic rings. The third-order valence-electron chi connectivity index (χ3n) is 3.58. The SMILES string of the molecule is CCNC(CCc1ccccc1)Cc1ccc(F)c(Br)c1. The molecular weight excluding hydrogens is 329 g/mol. The number of nitrogens with one attached hydrogen (secondary N) is 1. The second kappa shape index (κ2) is 8.30. The van der Waals surface area contributed by atoms with E-state index < -0.39 is 0 Å². The van der Waals surface area contributed by atoms with E-state index in [0.29, 0.717) is 10.5 Å². The molecule has 0 aliphatic carbocycles. The molecule has 0 aliphatic heterocycles. The Kier molecular flexibility index (Phi) is 6.40. The molecule has 0 heterocycles. The van der Waals surface area contributed by atoms with Gasteiger partial charge in [-0.3, -0.25) is 0 Å². The Morgan fingerprint density at radius 2 is 1.86 bits per heavy atom. The molecule has 2 rings (SSSR count). The summed E-state index contributed by atoms with van der Waals surface area (Å²) in [5.74, 6) is -0.206. The fourth-order valence-corrected chi connectivity index (χ4v) is 2.93. The average Bonchev–Trinajstić information content (AvgIpc) is 2.50. The molecule has 112 valence electrons. The topological polar surface area (TPSA) is 12.0 Å². The summed E-state index contributed by atoms with van der Waals surface area (Å²) in [7, 11) is 0. The number of aryl methyl sites for hydroxylation is 1. The first-order chi connectivity index (χ1) is 10.2. The monoisotopic (exact) mass is 349 g/mol. The van der Waals surface area contributed by atoms with E-state index in [0.717, 1.165) is 31.4 Å². The second-order valence-electron chi connectivity index (χ2n) is 5.23. The molecule has 0 amide bonds. The van der Waals surface area contributed by atoms with E-state index in [1.54, 1.807) is 0 Å². The number of rotatable bonds is 7. The van der Waals surface area contributed by atoms with Gasteiger partial charge in [0.1, 0.15) is 5.82 Å².